The molecule has 0 bridgehead atoms. The van der Waals surface area contributed by atoms with Gasteiger partial charge in [-0.3, -0.25) is 10.9 Å². The Morgan fingerprint density at radius 1 is 1.46 bits per heavy atom. The molecule has 0 aliphatic carbocycles. The molecule has 2 N–H and O–H groups in total. The van der Waals surface area contributed by atoms with Crippen molar-refractivity contribution in [2.75, 3.05) is 13.7 Å². The van der Waals surface area contributed by atoms with Crippen LogP contribution in [-0.2, 0) is 0 Å². The van der Waals surface area contributed by atoms with Gasteiger partial charge >= 0.3 is 0 Å². The van der Waals surface area contributed by atoms with Crippen LogP contribution in [0.5, 0.6) is 5.75 Å². The van der Waals surface area contributed by atoms with E-state index in [0.29, 0.717) is 6.04 Å². The first-order valence-corrected chi connectivity index (χ1v) is 4.52. The highest BCUT2D eigenvalue weighted by Gasteiger charge is 2.15. The molecule has 1 fully saturated rings. The zero-order chi connectivity index (χ0) is 9.10. The Morgan fingerprint density at radius 2 is 2.38 bits per heavy atom. The van der Waals surface area contributed by atoms with Gasteiger partial charge in [0.1, 0.15) is 5.75 Å². The van der Waals surface area contributed by atoms with E-state index in [4.69, 9.17) is 4.74 Å². The van der Waals surface area contributed by atoms with Crippen molar-refractivity contribution in [3.8, 4) is 5.75 Å². The zero-order valence-electron chi connectivity index (χ0n) is 7.71. The average molecular weight is 178 g/mol. The molecule has 1 aliphatic heterocycles. The minimum absolute atomic E-state index is 0.426. The second-order valence-electron chi connectivity index (χ2n) is 3.19. The highest BCUT2D eigenvalue weighted by atomic mass is 16.5. The number of nitrogens with one attached hydrogen (secondary N) is 2. The fourth-order valence-electron chi connectivity index (χ4n) is 1.59. The van der Waals surface area contributed by atoms with Gasteiger partial charge in [-0.1, -0.05) is 12.1 Å². The Balaban J connectivity index is 2.18. The second-order valence-corrected chi connectivity index (χ2v) is 3.19. The summed E-state index contributed by atoms with van der Waals surface area (Å²) in [6, 6.07) is 8.60. The van der Waals surface area contributed by atoms with E-state index in [9.17, 15) is 0 Å². The summed E-state index contributed by atoms with van der Waals surface area (Å²) < 4.78 is 5.17. The summed E-state index contributed by atoms with van der Waals surface area (Å²) in [5.74, 6) is 0.922. The van der Waals surface area contributed by atoms with Crippen LogP contribution < -0.4 is 15.6 Å². The SMILES string of the molecule is COc1cccc(C2CCNN2)c1. The topological polar surface area (TPSA) is 33.3 Å². The van der Waals surface area contributed by atoms with E-state index in [1.165, 1.54) is 5.56 Å². The average Bonchev–Trinajstić information content (AvgIpc) is 2.71. The van der Waals surface area contributed by atoms with Gasteiger partial charge in [0.05, 0.1) is 7.11 Å². The van der Waals surface area contributed by atoms with E-state index < -0.39 is 0 Å². The summed E-state index contributed by atoms with van der Waals surface area (Å²) in [6.45, 7) is 1.03. The molecule has 0 saturated carbocycles. The molecule has 1 aliphatic rings. The molecule has 1 saturated heterocycles. The molecule has 3 heteroatoms. The second kappa shape index (κ2) is 3.77. The third kappa shape index (κ3) is 1.82. The van der Waals surface area contributed by atoms with Crippen molar-refractivity contribution >= 4 is 0 Å². The predicted octanol–water partition coefficient (Wildman–Crippen LogP) is 1.23. The zero-order valence-corrected chi connectivity index (χ0v) is 7.71. The standard InChI is InChI=1S/C10H14N2O/c1-13-9-4-2-3-8(7-9)10-5-6-11-12-10/h2-4,7,10-12H,5-6H2,1H3. The van der Waals surface area contributed by atoms with Crippen molar-refractivity contribution in [2.45, 2.75) is 12.5 Å². The van der Waals surface area contributed by atoms with Gasteiger partial charge in [0.15, 0.2) is 0 Å². The molecule has 0 radical (unpaired) electrons. The first kappa shape index (κ1) is 8.53. The van der Waals surface area contributed by atoms with Gasteiger partial charge in [-0.05, 0) is 24.1 Å². The fraction of sp³-hybridized carbons (Fsp3) is 0.400. The fourth-order valence-corrected chi connectivity index (χ4v) is 1.59. The molecule has 13 heavy (non-hydrogen) atoms. The summed E-state index contributed by atoms with van der Waals surface area (Å²) in [5, 5.41) is 0. The van der Waals surface area contributed by atoms with Crippen LogP contribution in [0.2, 0.25) is 0 Å². The third-order valence-electron chi connectivity index (χ3n) is 2.33. The van der Waals surface area contributed by atoms with E-state index in [-0.39, 0.29) is 0 Å². The molecule has 0 aromatic heterocycles. The van der Waals surface area contributed by atoms with E-state index in [1.54, 1.807) is 7.11 Å². The number of benzene rings is 1. The van der Waals surface area contributed by atoms with E-state index in [2.05, 4.69) is 23.0 Å². The van der Waals surface area contributed by atoms with Gasteiger partial charge in [0.25, 0.3) is 0 Å². The van der Waals surface area contributed by atoms with E-state index in [0.717, 1.165) is 18.7 Å². The molecule has 0 amide bonds. The number of ether oxygens (including phenoxy) is 1. The van der Waals surface area contributed by atoms with Gasteiger partial charge < -0.3 is 4.74 Å². The van der Waals surface area contributed by atoms with Crippen LogP contribution in [0, 0.1) is 0 Å². The summed E-state index contributed by atoms with van der Waals surface area (Å²) in [5.41, 5.74) is 7.62. The minimum Gasteiger partial charge on any atom is -0.497 e. The smallest absolute Gasteiger partial charge is 0.119 e. The Bertz CT molecular complexity index is 282. The molecule has 2 rings (SSSR count). The Kier molecular flexibility index (Phi) is 2.47. The molecule has 1 aromatic rings. The summed E-state index contributed by atoms with van der Waals surface area (Å²) in [7, 11) is 1.69. The van der Waals surface area contributed by atoms with Crippen LogP contribution >= 0.6 is 0 Å². The predicted molar refractivity (Wildman–Crippen MR) is 51.5 cm³/mol. The lowest BCUT2D eigenvalue weighted by atomic mass is 10.1. The molecule has 70 valence electrons. The van der Waals surface area contributed by atoms with Crippen LogP contribution in [0.15, 0.2) is 24.3 Å². The van der Waals surface area contributed by atoms with Crippen LogP contribution in [0.3, 0.4) is 0 Å². The van der Waals surface area contributed by atoms with Crippen molar-refractivity contribution in [3.05, 3.63) is 29.8 Å². The number of rotatable bonds is 2. The lowest BCUT2D eigenvalue weighted by Gasteiger charge is -2.10. The first-order chi connectivity index (χ1) is 6.40. The quantitative estimate of drug-likeness (QED) is 0.714. The molecule has 1 heterocycles. The maximum Gasteiger partial charge on any atom is 0.119 e. The van der Waals surface area contributed by atoms with Crippen LogP contribution in [0.4, 0.5) is 0 Å². The van der Waals surface area contributed by atoms with Crippen LogP contribution in [0.1, 0.15) is 18.0 Å². The lowest BCUT2D eigenvalue weighted by molar-refractivity contribution is 0.413. The number of hydrogen-bond donors (Lipinski definition) is 2. The first-order valence-electron chi connectivity index (χ1n) is 4.52. The van der Waals surface area contributed by atoms with Crippen molar-refractivity contribution < 1.29 is 4.74 Å². The summed E-state index contributed by atoms with van der Waals surface area (Å²) in [6.07, 6.45) is 1.13. The van der Waals surface area contributed by atoms with Gasteiger partial charge in [-0.25, -0.2) is 0 Å². The number of methoxy groups -OCH3 is 1. The van der Waals surface area contributed by atoms with E-state index >= 15 is 0 Å². The highest BCUT2D eigenvalue weighted by Crippen LogP contribution is 2.22. The molecule has 0 spiro atoms. The van der Waals surface area contributed by atoms with Gasteiger partial charge in [-0.15, -0.1) is 0 Å². The monoisotopic (exact) mass is 178 g/mol. The van der Waals surface area contributed by atoms with Gasteiger partial charge in [-0.2, -0.15) is 0 Å². The van der Waals surface area contributed by atoms with E-state index in [1.807, 2.05) is 12.1 Å². The normalized spacial score (nSPS) is 21.8. The minimum atomic E-state index is 0.426. The van der Waals surface area contributed by atoms with Gasteiger partial charge in [0, 0.05) is 12.6 Å². The van der Waals surface area contributed by atoms with Crippen molar-refractivity contribution in [3.63, 3.8) is 0 Å². The summed E-state index contributed by atoms with van der Waals surface area (Å²) >= 11 is 0. The Labute approximate surface area is 78.1 Å². The molecular weight excluding hydrogens is 164 g/mol. The van der Waals surface area contributed by atoms with Crippen molar-refractivity contribution in [1.82, 2.24) is 10.9 Å². The molecule has 1 aromatic carbocycles. The number of hydrazine groups is 1. The van der Waals surface area contributed by atoms with Gasteiger partial charge in [0.2, 0.25) is 0 Å². The molecule has 1 atom stereocenters. The maximum absolute atomic E-state index is 5.17. The lowest BCUT2D eigenvalue weighted by Crippen LogP contribution is -2.24. The number of hydrogen-bond acceptors (Lipinski definition) is 3. The largest absolute Gasteiger partial charge is 0.497 e. The third-order valence-corrected chi connectivity index (χ3v) is 2.33. The highest BCUT2D eigenvalue weighted by molar-refractivity contribution is 5.30. The van der Waals surface area contributed by atoms with Crippen LogP contribution in [0.25, 0.3) is 0 Å². The maximum atomic E-state index is 5.17. The van der Waals surface area contributed by atoms with Crippen LogP contribution in [-0.4, -0.2) is 13.7 Å². The molecular formula is C10H14N2O. The molecule has 1 unspecified atom stereocenters. The Morgan fingerprint density at radius 3 is 3.08 bits per heavy atom. The Hall–Kier alpha value is -1.06. The summed E-state index contributed by atoms with van der Waals surface area (Å²) in [4.78, 5) is 0. The van der Waals surface area contributed by atoms with Crippen molar-refractivity contribution in [2.24, 2.45) is 0 Å². The molecule has 3 nitrogen and oxygen atoms in total. The van der Waals surface area contributed by atoms with Crippen molar-refractivity contribution in [1.29, 1.82) is 0 Å².